The zero-order valence-electron chi connectivity index (χ0n) is 22.6. The molecule has 0 fully saturated rings. The van der Waals surface area contributed by atoms with Crippen LogP contribution in [0.15, 0.2) is 64.7 Å². The Kier molecular flexibility index (Phi) is 10.2. The summed E-state index contributed by atoms with van der Waals surface area (Å²) < 4.78 is 0. The van der Waals surface area contributed by atoms with Gasteiger partial charge in [-0.05, 0) is 73.3 Å². The van der Waals surface area contributed by atoms with Crippen molar-refractivity contribution in [2.45, 2.75) is 72.5 Å². The summed E-state index contributed by atoms with van der Waals surface area (Å²) in [6.45, 7) is 14.9. The molecular formula is C29H39BN4OP. The van der Waals surface area contributed by atoms with Crippen molar-refractivity contribution in [3.63, 3.8) is 0 Å². The Morgan fingerprint density at radius 3 is 2.64 bits per heavy atom. The number of aliphatic imine (C=N–C) groups is 1. The molecule has 7 heteroatoms. The van der Waals surface area contributed by atoms with Crippen LogP contribution in [0.25, 0.3) is 0 Å². The van der Waals surface area contributed by atoms with Gasteiger partial charge in [-0.3, -0.25) is 20.1 Å². The second kappa shape index (κ2) is 13.1. The highest BCUT2D eigenvalue weighted by Gasteiger charge is 2.19. The Balaban J connectivity index is 1.66. The number of aryl methyl sites for hydroxylation is 1. The first-order valence-corrected chi connectivity index (χ1v) is 13.9. The van der Waals surface area contributed by atoms with E-state index in [1.54, 1.807) is 6.20 Å². The van der Waals surface area contributed by atoms with E-state index in [4.69, 9.17) is 4.99 Å². The average Bonchev–Trinajstić information content (AvgIpc) is 2.84. The summed E-state index contributed by atoms with van der Waals surface area (Å²) in [6, 6.07) is 10.0. The van der Waals surface area contributed by atoms with E-state index in [0.29, 0.717) is 25.9 Å². The first kappa shape index (κ1) is 28.0. The highest BCUT2D eigenvalue weighted by Crippen LogP contribution is 2.39. The number of pyridine rings is 1. The van der Waals surface area contributed by atoms with Crippen molar-refractivity contribution in [1.29, 1.82) is 0 Å². The maximum atomic E-state index is 12.9. The van der Waals surface area contributed by atoms with Crippen molar-refractivity contribution in [3.8, 4) is 0 Å². The summed E-state index contributed by atoms with van der Waals surface area (Å²) in [7, 11) is 2.74. The number of hydrogen-bond acceptors (Lipinski definition) is 4. The van der Waals surface area contributed by atoms with Gasteiger partial charge < -0.3 is 5.32 Å². The number of rotatable bonds is 9. The summed E-state index contributed by atoms with van der Waals surface area (Å²) in [5.74, 6) is 1.07. The lowest BCUT2D eigenvalue weighted by atomic mass is 9.62. The van der Waals surface area contributed by atoms with Gasteiger partial charge in [-0.15, -0.1) is 0 Å². The lowest BCUT2D eigenvalue weighted by Gasteiger charge is -2.26. The monoisotopic (exact) mass is 501 g/mol. The van der Waals surface area contributed by atoms with Gasteiger partial charge in [0.15, 0.2) is 7.28 Å². The molecule has 0 spiro atoms. The molecule has 3 unspecified atom stereocenters. The number of carbonyl (C=O) groups excluding carboxylic acids is 1. The molecule has 189 valence electrons. The van der Waals surface area contributed by atoms with Gasteiger partial charge in [0.05, 0.1) is 17.0 Å². The normalized spacial score (nSPS) is 19.4. The highest BCUT2D eigenvalue weighted by molar-refractivity contribution is 7.45. The minimum atomic E-state index is -0.154. The summed E-state index contributed by atoms with van der Waals surface area (Å²) in [5.41, 5.74) is 5.47. The largest absolute Gasteiger partial charge is 0.322 e. The van der Waals surface area contributed by atoms with Crippen LogP contribution in [-0.2, 0) is 0 Å². The van der Waals surface area contributed by atoms with Crippen LogP contribution in [0.1, 0.15) is 75.5 Å². The van der Waals surface area contributed by atoms with E-state index in [9.17, 15) is 4.79 Å². The number of carbonyl (C=O) groups is 1. The molecule has 0 bridgehead atoms. The lowest BCUT2D eigenvalue weighted by Crippen LogP contribution is -2.30. The predicted molar refractivity (Wildman–Crippen MR) is 157 cm³/mol. The molecule has 36 heavy (non-hydrogen) atoms. The van der Waals surface area contributed by atoms with Gasteiger partial charge in [0, 0.05) is 24.1 Å². The van der Waals surface area contributed by atoms with Crippen molar-refractivity contribution in [2.75, 3.05) is 5.32 Å². The molecule has 0 saturated heterocycles. The molecular weight excluding hydrogens is 462 g/mol. The van der Waals surface area contributed by atoms with Gasteiger partial charge in [-0.1, -0.05) is 66.4 Å². The molecule has 1 aromatic carbocycles. The van der Waals surface area contributed by atoms with Crippen molar-refractivity contribution in [1.82, 2.24) is 10.3 Å². The van der Waals surface area contributed by atoms with Crippen LogP contribution in [-0.4, -0.2) is 30.2 Å². The zero-order chi connectivity index (χ0) is 26.2. The molecule has 5 nitrogen and oxygen atoms in total. The second-order valence-electron chi connectivity index (χ2n) is 10.1. The molecule has 1 radical (unpaired) electrons. The molecule has 2 N–H and O–H groups in total. The van der Waals surface area contributed by atoms with Gasteiger partial charge in [0.25, 0.3) is 5.91 Å². The number of nitrogens with one attached hydrogen (secondary N) is 2. The molecule has 1 amide bonds. The van der Waals surface area contributed by atoms with E-state index in [2.05, 4.69) is 75.7 Å². The molecule has 3 atom stereocenters. The first-order chi connectivity index (χ1) is 17.2. The SMILES string of the molecule is C/C=C1/N=CC(NC(C)c2cccc(NC(=O)c3cnc([B]C(C)C)c(C)c3)c2)P/C1=C\CC(C)C. The average molecular weight is 501 g/mol. The van der Waals surface area contributed by atoms with Crippen LogP contribution < -0.4 is 16.2 Å². The zero-order valence-corrected chi connectivity index (χ0v) is 23.6. The van der Waals surface area contributed by atoms with Crippen molar-refractivity contribution < 1.29 is 4.79 Å². The van der Waals surface area contributed by atoms with Gasteiger partial charge in [0.1, 0.15) is 0 Å². The predicted octanol–water partition coefficient (Wildman–Crippen LogP) is 6.37. The number of nitrogens with zero attached hydrogens (tertiary/aromatic N) is 2. The molecule has 0 aliphatic carbocycles. The molecule has 1 aromatic heterocycles. The fourth-order valence-electron chi connectivity index (χ4n) is 3.99. The van der Waals surface area contributed by atoms with Crippen LogP contribution >= 0.6 is 8.58 Å². The number of aromatic nitrogens is 1. The van der Waals surface area contributed by atoms with Crippen LogP contribution in [0.5, 0.6) is 0 Å². The summed E-state index contributed by atoms with van der Waals surface area (Å²) in [5, 5.41) is 8.08. The smallest absolute Gasteiger partial charge is 0.257 e. The number of amides is 1. The third-order valence-electron chi connectivity index (χ3n) is 5.96. The van der Waals surface area contributed by atoms with E-state index in [0.717, 1.165) is 34.5 Å². The quantitative estimate of drug-likeness (QED) is 0.310. The number of hydrogen-bond donors (Lipinski definition) is 2. The minimum Gasteiger partial charge on any atom is -0.322 e. The topological polar surface area (TPSA) is 66.4 Å². The van der Waals surface area contributed by atoms with E-state index in [1.165, 1.54) is 5.31 Å². The molecule has 1 aliphatic rings. The maximum Gasteiger partial charge on any atom is 0.257 e. The fraction of sp³-hybridized carbons (Fsp3) is 0.414. The van der Waals surface area contributed by atoms with Gasteiger partial charge >= 0.3 is 0 Å². The van der Waals surface area contributed by atoms with Crippen LogP contribution in [0, 0.1) is 12.8 Å². The third-order valence-corrected chi connectivity index (χ3v) is 7.36. The number of anilines is 1. The fourth-order valence-corrected chi connectivity index (χ4v) is 5.40. The molecule has 0 saturated carbocycles. The highest BCUT2D eigenvalue weighted by atomic mass is 31.1. The Labute approximate surface area is 219 Å². The molecule has 1 aliphatic heterocycles. The summed E-state index contributed by atoms with van der Waals surface area (Å²) in [4.78, 5) is 22.1. The standard InChI is InChI=1S/C29H39BN4OP/c1-8-25-26(13-12-18(2)3)36-27(17-31-25)33-21(7)22-10-9-11-24(15-22)34-29(35)23-14-20(6)28(32-16-23)30-19(4)5/h8-11,13-19,21,27,33,36H,12H2,1-7H3,(H,34,35)/b25-8+,26-13-. The second-order valence-corrected chi connectivity index (χ2v) is 11.6. The summed E-state index contributed by atoms with van der Waals surface area (Å²) >= 11 is 0. The van der Waals surface area contributed by atoms with Crippen LogP contribution in [0.3, 0.4) is 0 Å². The Bertz CT molecular complexity index is 1160. The van der Waals surface area contributed by atoms with Gasteiger partial charge in [-0.2, -0.15) is 0 Å². The van der Waals surface area contributed by atoms with E-state index in [1.807, 2.05) is 44.3 Å². The van der Waals surface area contributed by atoms with E-state index < -0.39 is 0 Å². The number of benzene rings is 1. The van der Waals surface area contributed by atoms with Gasteiger partial charge in [0.2, 0.25) is 0 Å². The summed E-state index contributed by atoms with van der Waals surface area (Å²) in [6.07, 6.45) is 9.17. The Hall–Kier alpha value is -2.56. The van der Waals surface area contributed by atoms with Gasteiger partial charge in [-0.25, -0.2) is 0 Å². The number of allylic oxidation sites excluding steroid dienone is 3. The minimum absolute atomic E-state index is 0.110. The lowest BCUT2D eigenvalue weighted by molar-refractivity contribution is 0.102. The van der Waals surface area contributed by atoms with Crippen LogP contribution in [0.4, 0.5) is 5.69 Å². The van der Waals surface area contributed by atoms with E-state index >= 15 is 0 Å². The third kappa shape index (κ3) is 7.98. The van der Waals surface area contributed by atoms with Crippen molar-refractivity contribution in [2.24, 2.45) is 10.9 Å². The van der Waals surface area contributed by atoms with Crippen LogP contribution in [0.2, 0.25) is 5.82 Å². The van der Waals surface area contributed by atoms with Crippen molar-refractivity contribution >= 4 is 39.3 Å². The molecule has 2 aromatic rings. The molecule has 2 heterocycles. The first-order valence-electron chi connectivity index (χ1n) is 12.8. The maximum absolute atomic E-state index is 12.9. The van der Waals surface area contributed by atoms with E-state index in [-0.39, 0.29) is 17.7 Å². The molecule has 3 rings (SSSR count). The Morgan fingerprint density at radius 2 is 1.97 bits per heavy atom. The van der Waals surface area contributed by atoms with Crippen molar-refractivity contribution in [3.05, 3.63) is 76.4 Å². The Morgan fingerprint density at radius 1 is 1.19 bits per heavy atom.